The van der Waals surface area contributed by atoms with Crippen molar-refractivity contribution in [1.82, 2.24) is 5.32 Å². The zero-order valence-corrected chi connectivity index (χ0v) is 11.7. The minimum atomic E-state index is 0.498. The normalized spacial score (nSPS) is 21.4. The Kier molecular flexibility index (Phi) is 3.39. The molecule has 0 bridgehead atoms. The Labute approximate surface area is 115 Å². The van der Waals surface area contributed by atoms with E-state index < -0.39 is 0 Å². The van der Waals surface area contributed by atoms with E-state index in [1.165, 1.54) is 28.7 Å². The molecule has 0 radical (unpaired) electrons. The van der Waals surface area contributed by atoms with E-state index in [-0.39, 0.29) is 0 Å². The summed E-state index contributed by atoms with van der Waals surface area (Å²) in [7, 11) is 2.08. The SMILES string of the molecule is CNC1c2ccccc2CC1Cc1ccc(C)cc1. The fourth-order valence-electron chi connectivity index (χ4n) is 3.29. The summed E-state index contributed by atoms with van der Waals surface area (Å²) < 4.78 is 0. The van der Waals surface area contributed by atoms with E-state index in [2.05, 4.69) is 67.8 Å². The third-order valence-electron chi connectivity index (χ3n) is 4.27. The van der Waals surface area contributed by atoms with Gasteiger partial charge in [0.1, 0.15) is 0 Å². The molecule has 19 heavy (non-hydrogen) atoms. The molecule has 0 fully saturated rings. The van der Waals surface area contributed by atoms with Crippen molar-refractivity contribution in [3.8, 4) is 0 Å². The van der Waals surface area contributed by atoms with Crippen molar-refractivity contribution in [1.29, 1.82) is 0 Å². The van der Waals surface area contributed by atoms with Gasteiger partial charge in [-0.25, -0.2) is 0 Å². The number of fused-ring (bicyclic) bond motifs is 1. The van der Waals surface area contributed by atoms with Crippen LogP contribution in [-0.2, 0) is 12.8 Å². The summed E-state index contributed by atoms with van der Waals surface area (Å²) >= 11 is 0. The van der Waals surface area contributed by atoms with Crippen LogP contribution in [0.15, 0.2) is 48.5 Å². The number of hydrogen-bond acceptors (Lipinski definition) is 1. The van der Waals surface area contributed by atoms with Gasteiger partial charge in [-0.2, -0.15) is 0 Å². The first-order valence-electron chi connectivity index (χ1n) is 7.08. The van der Waals surface area contributed by atoms with Gasteiger partial charge in [-0.05, 0) is 49.4 Å². The second kappa shape index (κ2) is 5.18. The highest BCUT2D eigenvalue weighted by Crippen LogP contribution is 2.37. The molecule has 1 aliphatic carbocycles. The summed E-state index contributed by atoms with van der Waals surface area (Å²) in [5.74, 6) is 0.671. The predicted octanol–water partition coefficient (Wildman–Crippen LogP) is 3.67. The van der Waals surface area contributed by atoms with Gasteiger partial charge >= 0.3 is 0 Å². The van der Waals surface area contributed by atoms with Crippen molar-refractivity contribution in [2.24, 2.45) is 5.92 Å². The van der Waals surface area contributed by atoms with Gasteiger partial charge in [0.15, 0.2) is 0 Å². The smallest absolute Gasteiger partial charge is 0.0355 e. The minimum absolute atomic E-state index is 0.498. The van der Waals surface area contributed by atoms with Crippen LogP contribution in [0, 0.1) is 12.8 Å². The van der Waals surface area contributed by atoms with Crippen LogP contribution in [0.3, 0.4) is 0 Å². The summed E-state index contributed by atoms with van der Waals surface area (Å²) in [6.45, 7) is 2.14. The largest absolute Gasteiger partial charge is 0.313 e. The summed E-state index contributed by atoms with van der Waals surface area (Å²) in [5, 5.41) is 3.50. The molecule has 0 saturated carbocycles. The van der Waals surface area contributed by atoms with Crippen LogP contribution in [-0.4, -0.2) is 7.05 Å². The minimum Gasteiger partial charge on any atom is -0.313 e. The molecule has 98 valence electrons. The topological polar surface area (TPSA) is 12.0 Å². The number of hydrogen-bond donors (Lipinski definition) is 1. The third-order valence-corrected chi connectivity index (χ3v) is 4.27. The van der Waals surface area contributed by atoms with Crippen LogP contribution >= 0.6 is 0 Å². The molecule has 0 aliphatic heterocycles. The molecule has 0 saturated heterocycles. The van der Waals surface area contributed by atoms with Gasteiger partial charge in [0.25, 0.3) is 0 Å². The lowest BCUT2D eigenvalue weighted by atomic mass is 9.92. The molecule has 0 heterocycles. The molecule has 1 heteroatoms. The van der Waals surface area contributed by atoms with Crippen molar-refractivity contribution in [3.63, 3.8) is 0 Å². The Hall–Kier alpha value is -1.60. The van der Waals surface area contributed by atoms with Crippen LogP contribution < -0.4 is 5.32 Å². The lowest BCUT2D eigenvalue weighted by molar-refractivity contribution is 0.410. The molecular weight excluding hydrogens is 230 g/mol. The van der Waals surface area contributed by atoms with E-state index in [1.807, 2.05) is 0 Å². The summed E-state index contributed by atoms with van der Waals surface area (Å²) in [4.78, 5) is 0. The van der Waals surface area contributed by atoms with Crippen molar-refractivity contribution < 1.29 is 0 Å². The van der Waals surface area contributed by atoms with Crippen LogP contribution in [0.2, 0.25) is 0 Å². The maximum Gasteiger partial charge on any atom is 0.0355 e. The third kappa shape index (κ3) is 2.43. The number of benzene rings is 2. The van der Waals surface area contributed by atoms with Crippen molar-refractivity contribution in [2.45, 2.75) is 25.8 Å². The number of aryl methyl sites for hydroxylation is 1. The molecule has 3 rings (SSSR count). The molecule has 2 aromatic rings. The Bertz CT molecular complexity index is 556. The monoisotopic (exact) mass is 251 g/mol. The predicted molar refractivity (Wildman–Crippen MR) is 80.3 cm³/mol. The fourth-order valence-corrected chi connectivity index (χ4v) is 3.29. The molecule has 2 unspecified atom stereocenters. The zero-order chi connectivity index (χ0) is 13.2. The van der Waals surface area contributed by atoms with Crippen molar-refractivity contribution in [2.75, 3.05) is 7.05 Å². The highest BCUT2D eigenvalue weighted by atomic mass is 14.9. The second-order valence-corrected chi connectivity index (χ2v) is 5.62. The highest BCUT2D eigenvalue weighted by Gasteiger charge is 2.30. The molecule has 1 N–H and O–H groups in total. The lowest BCUT2D eigenvalue weighted by Crippen LogP contribution is -2.23. The molecular formula is C18H21N. The average molecular weight is 251 g/mol. The molecule has 2 aromatic carbocycles. The van der Waals surface area contributed by atoms with E-state index in [0.29, 0.717) is 12.0 Å². The van der Waals surface area contributed by atoms with Gasteiger partial charge in [-0.15, -0.1) is 0 Å². The highest BCUT2D eigenvalue weighted by molar-refractivity contribution is 5.36. The Morgan fingerprint density at radius 1 is 1.05 bits per heavy atom. The molecule has 1 nitrogen and oxygen atoms in total. The van der Waals surface area contributed by atoms with E-state index >= 15 is 0 Å². The Morgan fingerprint density at radius 2 is 1.79 bits per heavy atom. The van der Waals surface area contributed by atoms with Crippen molar-refractivity contribution in [3.05, 3.63) is 70.8 Å². The Morgan fingerprint density at radius 3 is 2.53 bits per heavy atom. The van der Waals surface area contributed by atoms with E-state index in [4.69, 9.17) is 0 Å². The zero-order valence-electron chi connectivity index (χ0n) is 11.7. The second-order valence-electron chi connectivity index (χ2n) is 5.62. The average Bonchev–Trinajstić information content (AvgIpc) is 2.78. The van der Waals surface area contributed by atoms with Crippen molar-refractivity contribution >= 4 is 0 Å². The Balaban J connectivity index is 1.81. The van der Waals surface area contributed by atoms with Gasteiger partial charge in [-0.1, -0.05) is 54.1 Å². The van der Waals surface area contributed by atoms with E-state index in [0.717, 1.165) is 6.42 Å². The first kappa shape index (κ1) is 12.4. The van der Waals surface area contributed by atoms with Gasteiger partial charge in [-0.3, -0.25) is 0 Å². The molecule has 0 spiro atoms. The number of rotatable bonds is 3. The van der Waals surface area contributed by atoms with Gasteiger partial charge in [0.05, 0.1) is 0 Å². The lowest BCUT2D eigenvalue weighted by Gasteiger charge is -2.20. The van der Waals surface area contributed by atoms with Gasteiger partial charge in [0.2, 0.25) is 0 Å². The maximum atomic E-state index is 3.50. The molecule has 0 amide bonds. The summed E-state index contributed by atoms with van der Waals surface area (Å²) in [6, 6.07) is 18.3. The quantitative estimate of drug-likeness (QED) is 0.877. The summed E-state index contributed by atoms with van der Waals surface area (Å²) in [6.07, 6.45) is 2.34. The van der Waals surface area contributed by atoms with Gasteiger partial charge in [0, 0.05) is 6.04 Å². The van der Waals surface area contributed by atoms with E-state index in [1.54, 1.807) is 0 Å². The standard InChI is InChI=1S/C18H21N/c1-13-7-9-14(10-8-13)11-16-12-15-5-3-4-6-17(15)18(16)19-2/h3-10,16,18-19H,11-12H2,1-2H3. The molecule has 0 aromatic heterocycles. The molecule has 1 aliphatic rings. The fraction of sp³-hybridized carbons (Fsp3) is 0.333. The first-order chi connectivity index (χ1) is 9.28. The van der Waals surface area contributed by atoms with Crippen LogP contribution in [0.5, 0.6) is 0 Å². The van der Waals surface area contributed by atoms with Crippen LogP contribution in [0.1, 0.15) is 28.3 Å². The molecule has 2 atom stereocenters. The first-order valence-corrected chi connectivity index (χ1v) is 7.08. The number of nitrogens with one attached hydrogen (secondary N) is 1. The van der Waals surface area contributed by atoms with E-state index in [9.17, 15) is 0 Å². The van der Waals surface area contributed by atoms with Gasteiger partial charge < -0.3 is 5.32 Å². The van der Waals surface area contributed by atoms with Crippen LogP contribution in [0.4, 0.5) is 0 Å². The van der Waals surface area contributed by atoms with Crippen LogP contribution in [0.25, 0.3) is 0 Å². The summed E-state index contributed by atoms with van der Waals surface area (Å²) in [5.41, 5.74) is 5.79. The maximum absolute atomic E-state index is 3.50.